The molecule has 24 heavy (non-hydrogen) atoms. The number of aromatic nitrogens is 1. The third kappa shape index (κ3) is 2.69. The van der Waals surface area contributed by atoms with Crippen molar-refractivity contribution in [1.29, 1.82) is 0 Å². The van der Waals surface area contributed by atoms with Gasteiger partial charge >= 0.3 is 0 Å². The molecule has 0 bridgehead atoms. The Labute approximate surface area is 140 Å². The standard InChI is InChI=1S/C19H20N2O3/c1-21(2)18-15-10-9-14(24-4)11-16(15)19(22)20-17(18)12-5-7-13(23-3)8-6-12/h5-11H,1-4H3,(H,20,22). The Morgan fingerprint density at radius 2 is 1.50 bits per heavy atom. The lowest BCUT2D eigenvalue weighted by molar-refractivity contribution is 0.415. The third-order valence-corrected chi connectivity index (χ3v) is 4.03. The average Bonchev–Trinajstić information content (AvgIpc) is 2.61. The Morgan fingerprint density at radius 3 is 2.08 bits per heavy atom. The van der Waals surface area contributed by atoms with Gasteiger partial charge in [0.05, 0.1) is 31.0 Å². The molecule has 0 aliphatic heterocycles. The number of rotatable bonds is 4. The Bertz CT molecular complexity index is 928. The summed E-state index contributed by atoms with van der Waals surface area (Å²) in [5.74, 6) is 1.44. The minimum absolute atomic E-state index is 0.139. The van der Waals surface area contributed by atoms with Crippen molar-refractivity contribution < 1.29 is 9.47 Å². The predicted molar refractivity (Wildman–Crippen MR) is 97.4 cm³/mol. The lowest BCUT2D eigenvalue weighted by Crippen LogP contribution is -2.16. The quantitative estimate of drug-likeness (QED) is 0.800. The third-order valence-electron chi connectivity index (χ3n) is 4.03. The zero-order chi connectivity index (χ0) is 17.3. The molecule has 0 amide bonds. The molecule has 5 heteroatoms. The second kappa shape index (κ2) is 6.28. The number of methoxy groups -OCH3 is 2. The summed E-state index contributed by atoms with van der Waals surface area (Å²) in [4.78, 5) is 17.6. The first kappa shape index (κ1) is 15.9. The van der Waals surface area contributed by atoms with Crippen LogP contribution >= 0.6 is 0 Å². The fourth-order valence-corrected chi connectivity index (χ4v) is 2.85. The molecule has 0 saturated heterocycles. The predicted octanol–water partition coefficient (Wildman–Crippen LogP) is 3.28. The number of aromatic amines is 1. The molecule has 0 aliphatic carbocycles. The number of nitrogens with zero attached hydrogens (tertiary/aromatic N) is 1. The van der Waals surface area contributed by atoms with E-state index in [-0.39, 0.29) is 5.56 Å². The van der Waals surface area contributed by atoms with Crippen LogP contribution in [0.1, 0.15) is 0 Å². The van der Waals surface area contributed by atoms with Gasteiger partial charge in [-0.1, -0.05) is 0 Å². The highest BCUT2D eigenvalue weighted by Crippen LogP contribution is 2.35. The molecule has 0 unspecified atom stereocenters. The maximum atomic E-state index is 12.6. The number of benzene rings is 2. The van der Waals surface area contributed by atoms with E-state index < -0.39 is 0 Å². The van der Waals surface area contributed by atoms with E-state index in [9.17, 15) is 4.79 Å². The molecule has 0 fully saturated rings. The van der Waals surface area contributed by atoms with Gasteiger partial charge in [-0.15, -0.1) is 0 Å². The van der Waals surface area contributed by atoms with Gasteiger partial charge in [0.1, 0.15) is 11.5 Å². The van der Waals surface area contributed by atoms with Gasteiger partial charge in [0, 0.05) is 25.0 Å². The van der Waals surface area contributed by atoms with E-state index in [1.807, 2.05) is 55.4 Å². The molecule has 2 aromatic carbocycles. The second-order valence-electron chi connectivity index (χ2n) is 5.71. The van der Waals surface area contributed by atoms with Gasteiger partial charge in [-0.3, -0.25) is 4.79 Å². The molecular weight excluding hydrogens is 304 g/mol. The van der Waals surface area contributed by atoms with Gasteiger partial charge in [0.25, 0.3) is 5.56 Å². The van der Waals surface area contributed by atoms with E-state index in [1.54, 1.807) is 20.3 Å². The van der Waals surface area contributed by atoms with Gasteiger partial charge in [0.15, 0.2) is 0 Å². The topological polar surface area (TPSA) is 54.6 Å². The van der Waals surface area contributed by atoms with E-state index in [1.165, 1.54) is 0 Å². The first-order valence-corrected chi connectivity index (χ1v) is 7.61. The number of ether oxygens (including phenoxy) is 2. The molecule has 0 saturated carbocycles. The van der Waals surface area contributed by atoms with Gasteiger partial charge in [-0.2, -0.15) is 0 Å². The molecule has 1 N–H and O–H groups in total. The fraction of sp³-hybridized carbons (Fsp3) is 0.211. The van der Waals surface area contributed by atoms with E-state index >= 15 is 0 Å². The Kier molecular flexibility index (Phi) is 4.16. The molecule has 0 atom stereocenters. The molecule has 3 aromatic rings. The summed E-state index contributed by atoms with van der Waals surface area (Å²) in [6.45, 7) is 0. The minimum Gasteiger partial charge on any atom is -0.497 e. The van der Waals surface area contributed by atoms with Crippen LogP contribution in [0.5, 0.6) is 11.5 Å². The highest BCUT2D eigenvalue weighted by Gasteiger charge is 2.15. The molecule has 0 radical (unpaired) electrons. The Balaban J connectivity index is 2.31. The van der Waals surface area contributed by atoms with Gasteiger partial charge in [0.2, 0.25) is 0 Å². The van der Waals surface area contributed by atoms with Crippen LogP contribution in [0.3, 0.4) is 0 Å². The summed E-state index contributed by atoms with van der Waals surface area (Å²) in [5.41, 5.74) is 2.53. The van der Waals surface area contributed by atoms with Crippen molar-refractivity contribution in [1.82, 2.24) is 4.98 Å². The number of H-pyrrole nitrogens is 1. The summed E-state index contributed by atoms with van der Waals surface area (Å²) in [6, 6.07) is 13.2. The van der Waals surface area contributed by atoms with Crippen molar-refractivity contribution in [2.45, 2.75) is 0 Å². The van der Waals surface area contributed by atoms with Crippen molar-refractivity contribution >= 4 is 16.5 Å². The van der Waals surface area contributed by atoms with Crippen molar-refractivity contribution in [3.05, 3.63) is 52.8 Å². The first-order chi connectivity index (χ1) is 11.5. The summed E-state index contributed by atoms with van der Waals surface area (Å²) in [5, 5.41) is 1.49. The van der Waals surface area contributed by atoms with E-state index in [4.69, 9.17) is 9.47 Å². The lowest BCUT2D eigenvalue weighted by atomic mass is 10.0. The second-order valence-corrected chi connectivity index (χ2v) is 5.71. The highest BCUT2D eigenvalue weighted by molar-refractivity contribution is 6.00. The SMILES string of the molecule is COc1ccc(-c2[nH]c(=O)c3cc(OC)ccc3c2N(C)C)cc1. The largest absolute Gasteiger partial charge is 0.497 e. The van der Waals surface area contributed by atoms with Crippen LogP contribution < -0.4 is 19.9 Å². The molecule has 5 nitrogen and oxygen atoms in total. The van der Waals surface area contributed by atoms with Crippen LogP contribution in [0.4, 0.5) is 5.69 Å². The average molecular weight is 324 g/mol. The molecule has 1 aromatic heterocycles. The summed E-state index contributed by atoms with van der Waals surface area (Å²) in [6.07, 6.45) is 0. The van der Waals surface area contributed by atoms with Crippen LogP contribution in [0, 0.1) is 0 Å². The number of pyridine rings is 1. The van der Waals surface area contributed by atoms with Gasteiger partial charge in [-0.05, 0) is 42.5 Å². The Hall–Kier alpha value is -2.95. The summed E-state index contributed by atoms with van der Waals surface area (Å²) < 4.78 is 10.4. The van der Waals surface area contributed by atoms with Gasteiger partial charge in [-0.25, -0.2) is 0 Å². The van der Waals surface area contributed by atoms with Crippen molar-refractivity contribution in [2.24, 2.45) is 0 Å². The van der Waals surface area contributed by atoms with Crippen molar-refractivity contribution in [3.63, 3.8) is 0 Å². The summed E-state index contributed by atoms with van der Waals surface area (Å²) in [7, 11) is 7.15. The Morgan fingerprint density at radius 1 is 0.875 bits per heavy atom. The normalized spacial score (nSPS) is 10.7. The number of anilines is 1. The first-order valence-electron chi connectivity index (χ1n) is 7.61. The molecular formula is C19H20N2O3. The maximum Gasteiger partial charge on any atom is 0.256 e. The van der Waals surface area contributed by atoms with E-state index in [0.717, 1.165) is 28.1 Å². The monoisotopic (exact) mass is 324 g/mol. The van der Waals surface area contributed by atoms with Crippen molar-refractivity contribution in [3.8, 4) is 22.8 Å². The smallest absolute Gasteiger partial charge is 0.256 e. The van der Waals surface area contributed by atoms with Gasteiger partial charge < -0.3 is 19.4 Å². The van der Waals surface area contributed by atoms with Crippen LogP contribution in [-0.2, 0) is 0 Å². The minimum atomic E-state index is -0.139. The lowest BCUT2D eigenvalue weighted by Gasteiger charge is -2.20. The maximum absolute atomic E-state index is 12.6. The number of hydrogen-bond acceptors (Lipinski definition) is 4. The van der Waals surface area contributed by atoms with Crippen LogP contribution in [-0.4, -0.2) is 33.3 Å². The van der Waals surface area contributed by atoms with Crippen LogP contribution in [0.2, 0.25) is 0 Å². The zero-order valence-electron chi connectivity index (χ0n) is 14.2. The van der Waals surface area contributed by atoms with Crippen LogP contribution in [0.15, 0.2) is 47.3 Å². The zero-order valence-corrected chi connectivity index (χ0v) is 14.2. The fourth-order valence-electron chi connectivity index (χ4n) is 2.85. The number of nitrogens with one attached hydrogen (secondary N) is 1. The van der Waals surface area contributed by atoms with E-state index in [2.05, 4.69) is 4.98 Å². The number of hydrogen-bond donors (Lipinski definition) is 1. The van der Waals surface area contributed by atoms with E-state index in [0.29, 0.717) is 11.1 Å². The molecule has 124 valence electrons. The van der Waals surface area contributed by atoms with Crippen molar-refractivity contribution in [2.75, 3.05) is 33.2 Å². The molecule has 0 aliphatic rings. The highest BCUT2D eigenvalue weighted by atomic mass is 16.5. The molecule has 1 heterocycles. The molecule has 0 spiro atoms. The summed E-state index contributed by atoms with van der Waals surface area (Å²) >= 11 is 0. The molecule has 3 rings (SSSR count). The number of fused-ring (bicyclic) bond motifs is 1. The van der Waals surface area contributed by atoms with Crippen LogP contribution in [0.25, 0.3) is 22.0 Å².